The molecule has 6 nitrogen and oxygen atoms in total. The summed E-state index contributed by atoms with van der Waals surface area (Å²) in [5.74, 6) is 1.22. The first kappa shape index (κ1) is 34.4. The first-order valence-electron chi connectivity index (χ1n) is 15.1. The van der Waals surface area contributed by atoms with Crippen LogP contribution in [0.25, 0.3) is 10.8 Å². The van der Waals surface area contributed by atoms with Crippen LogP contribution >= 0.6 is 0 Å². The molecule has 2 N–H and O–H groups in total. The molecule has 0 aromatic heterocycles. The number of rotatable bonds is 16. The summed E-state index contributed by atoms with van der Waals surface area (Å²) in [5.41, 5.74) is 2.77. The predicted octanol–water partition coefficient (Wildman–Crippen LogP) is 6.71. The van der Waals surface area contributed by atoms with Gasteiger partial charge >= 0.3 is 5.97 Å². The Labute approximate surface area is 246 Å². The third kappa shape index (κ3) is 12.3. The molecule has 226 valence electrons. The van der Waals surface area contributed by atoms with Crippen LogP contribution in [0.3, 0.4) is 0 Å². The molecule has 1 unspecified atom stereocenters. The molecule has 0 amide bonds. The van der Waals surface area contributed by atoms with Crippen molar-refractivity contribution in [1.29, 1.82) is 0 Å². The lowest BCUT2D eigenvalue weighted by Crippen LogP contribution is -2.18. The Morgan fingerprint density at radius 3 is 2.20 bits per heavy atom. The quantitative estimate of drug-likeness (QED) is 0.101. The van der Waals surface area contributed by atoms with Gasteiger partial charge in [0.15, 0.2) is 0 Å². The van der Waals surface area contributed by atoms with E-state index in [0.717, 1.165) is 23.8 Å². The fourth-order valence-electron chi connectivity index (χ4n) is 5.41. The summed E-state index contributed by atoms with van der Waals surface area (Å²) in [7, 11) is 1.65. The number of aliphatic hydroxyl groups is 2. The van der Waals surface area contributed by atoms with Gasteiger partial charge in [0.25, 0.3) is 0 Å². The van der Waals surface area contributed by atoms with Crippen molar-refractivity contribution in [2.45, 2.75) is 77.0 Å². The predicted molar refractivity (Wildman–Crippen MR) is 166 cm³/mol. The molecule has 1 saturated carbocycles. The van der Waals surface area contributed by atoms with Crippen molar-refractivity contribution in [3.8, 4) is 0 Å². The van der Waals surface area contributed by atoms with E-state index in [2.05, 4.69) is 56.5 Å². The molecule has 2 aromatic carbocycles. The van der Waals surface area contributed by atoms with E-state index < -0.39 is 12.6 Å². The lowest BCUT2D eigenvalue weighted by atomic mass is 9.77. The minimum atomic E-state index is -0.566. The molecule has 1 aliphatic carbocycles. The van der Waals surface area contributed by atoms with Crippen LogP contribution in [-0.4, -0.2) is 56.0 Å². The molecular weight excluding hydrogens is 516 g/mol. The Morgan fingerprint density at radius 1 is 0.951 bits per heavy atom. The third-order valence-corrected chi connectivity index (χ3v) is 8.06. The Kier molecular flexibility index (Phi) is 16.2. The van der Waals surface area contributed by atoms with Gasteiger partial charge in [-0.2, -0.15) is 0 Å². The maximum absolute atomic E-state index is 11.9. The molecule has 0 spiro atoms. The molecular formula is C35H50O6. The lowest BCUT2D eigenvalue weighted by Gasteiger charge is -2.28. The van der Waals surface area contributed by atoms with Gasteiger partial charge in [-0.05, 0) is 46.6 Å². The molecule has 1 fully saturated rings. The van der Waals surface area contributed by atoms with Crippen molar-refractivity contribution < 1.29 is 29.3 Å². The lowest BCUT2D eigenvalue weighted by molar-refractivity contribution is -0.140. The van der Waals surface area contributed by atoms with Crippen molar-refractivity contribution in [1.82, 2.24) is 0 Å². The van der Waals surface area contributed by atoms with Crippen molar-refractivity contribution in [2.24, 2.45) is 11.8 Å². The Balaban J connectivity index is 0.000000883. The zero-order valence-electron chi connectivity index (χ0n) is 25.1. The minimum Gasteiger partial charge on any atom is -0.462 e. The highest BCUT2D eigenvalue weighted by Crippen LogP contribution is 2.34. The van der Waals surface area contributed by atoms with Crippen LogP contribution in [0.1, 0.15) is 81.8 Å². The summed E-state index contributed by atoms with van der Waals surface area (Å²) in [6.45, 7) is 9.00. The van der Waals surface area contributed by atoms with Crippen molar-refractivity contribution in [2.75, 3.05) is 33.5 Å². The van der Waals surface area contributed by atoms with Gasteiger partial charge in [-0.25, -0.2) is 4.79 Å². The summed E-state index contributed by atoms with van der Waals surface area (Å²) in [6, 6.07) is 13.2. The average molecular weight is 567 g/mol. The second kappa shape index (κ2) is 19.3. The van der Waals surface area contributed by atoms with Gasteiger partial charge in [0.1, 0.15) is 12.9 Å². The highest BCUT2D eigenvalue weighted by molar-refractivity contribution is 5.88. The van der Waals surface area contributed by atoms with Crippen molar-refractivity contribution in [3.05, 3.63) is 71.8 Å². The van der Waals surface area contributed by atoms with Gasteiger partial charge in [0.05, 0.1) is 25.4 Å². The Morgan fingerprint density at radius 2 is 1.61 bits per heavy atom. The molecule has 1 atom stereocenters. The topological polar surface area (TPSA) is 93.1 Å². The van der Waals surface area contributed by atoms with E-state index in [1.54, 1.807) is 7.11 Å². The number of aryl methyl sites for hydroxylation is 1. The van der Waals surface area contributed by atoms with Gasteiger partial charge in [0.2, 0.25) is 0 Å². The smallest absolute Gasteiger partial charge is 0.335 e. The summed E-state index contributed by atoms with van der Waals surface area (Å²) >= 11 is 0. The van der Waals surface area contributed by atoms with E-state index >= 15 is 0 Å². The Hall–Kier alpha value is -2.80. The normalized spacial score (nSPS) is 17.3. The number of aldehydes is 1. The number of aliphatic hydroxyl groups excluding tert-OH is 2. The molecule has 0 radical (unpaired) electrons. The maximum Gasteiger partial charge on any atom is 0.335 e. The number of ether oxygens (including phenoxy) is 2. The van der Waals surface area contributed by atoms with E-state index in [1.165, 1.54) is 74.1 Å². The SMILES string of the molecule is C=C(C=O)CO.C=C(CO)C(=O)OCC(COC)c1ccc2cc(CCC3CCC(CCCCC)CC3)ccc2c1. The van der Waals surface area contributed by atoms with Crippen LogP contribution in [0.15, 0.2) is 60.7 Å². The summed E-state index contributed by atoms with van der Waals surface area (Å²) < 4.78 is 10.7. The number of carbonyl (C=O) groups is 2. The number of hydrogen-bond donors (Lipinski definition) is 2. The van der Waals surface area contributed by atoms with Crippen LogP contribution < -0.4 is 0 Å². The minimum absolute atomic E-state index is 0.0622. The first-order valence-corrected chi connectivity index (χ1v) is 15.1. The number of benzene rings is 2. The fourth-order valence-corrected chi connectivity index (χ4v) is 5.41. The highest BCUT2D eigenvalue weighted by Gasteiger charge is 2.21. The first-order chi connectivity index (χ1) is 19.8. The largest absolute Gasteiger partial charge is 0.462 e. The van der Waals surface area contributed by atoms with Crippen LogP contribution in [0.5, 0.6) is 0 Å². The summed E-state index contributed by atoms with van der Waals surface area (Å²) in [5, 5.41) is 19.5. The molecule has 41 heavy (non-hydrogen) atoms. The number of hydrogen-bond acceptors (Lipinski definition) is 6. The zero-order valence-corrected chi connectivity index (χ0v) is 25.1. The highest BCUT2D eigenvalue weighted by atomic mass is 16.5. The summed E-state index contributed by atoms with van der Waals surface area (Å²) in [4.78, 5) is 21.4. The number of fused-ring (bicyclic) bond motifs is 1. The van der Waals surface area contributed by atoms with Crippen molar-refractivity contribution in [3.63, 3.8) is 0 Å². The van der Waals surface area contributed by atoms with E-state index in [9.17, 15) is 9.59 Å². The van der Waals surface area contributed by atoms with Crippen LogP contribution in [0.2, 0.25) is 0 Å². The molecule has 0 saturated heterocycles. The molecule has 1 aliphatic rings. The zero-order chi connectivity index (χ0) is 30.0. The molecule has 0 aliphatic heterocycles. The van der Waals surface area contributed by atoms with Gasteiger partial charge in [-0.15, -0.1) is 0 Å². The van der Waals surface area contributed by atoms with Gasteiger partial charge in [-0.3, -0.25) is 4.79 Å². The molecule has 2 aromatic rings. The van der Waals surface area contributed by atoms with E-state index in [1.807, 2.05) is 0 Å². The molecule has 0 heterocycles. The number of carbonyl (C=O) groups excluding carboxylic acids is 2. The van der Waals surface area contributed by atoms with Gasteiger partial charge in [-0.1, -0.05) is 108 Å². The maximum atomic E-state index is 11.9. The standard InChI is InChI=1S/C31H44O4.C4H6O2/c1-4-5-6-7-24-8-10-25(11-9-24)12-13-26-14-15-28-19-29(17-16-27(28)18-26)30(21-34-3)22-35-31(33)23(2)20-32;1-4(2-5)3-6/h14-19,24-25,30,32H,2,4-13,20-22H2,1,3H3;2,6H,1,3H2. The summed E-state index contributed by atoms with van der Waals surface area (Å²) in [6.07, 6.45) is 14.2. The molecule has 0 bridgehead atoms. The second-order valence-corrected chi connectivity index (χ2v) is 11.3. The van der Waals surface area contributed by atoms with E-state index in [-0.39, 0.29) is 30.3 Å². The van der Waals surface area contributed by atoms with E-state index in [4.69, 9.17) is 19.7 Å². The third-order valence-electron chi connectivity index (χ3n) is 8.06. The van der Waals surface area contributed by atoms with Gasteiger partial charge in [0, 0.05) is 18.6 Å². The van der Waals surface area contributed by atoms with E-state index in [0.29, 0.717) is 12.9 Å². The van der Waals surface area contributed by atoms with Crippen LogP contribution in [-0.2, 0) is 25.5 Å². The van der Waals surface area contributed by atoms with Crippen LogP contribution in [0.4, 0.5) is 0 Å². The second-order valence-electron chi connectivity index (χ2n) is 11.3. The number of unbranched alkanes of at least 4 members (excludes halogenated alkanes) is 2. The van der Waals surface area contributed by atoms with Crippen LogP contribution in [0, 0.1) is 11.8 Å². The number of methoxy groups -OCH3 is 1. The fraction of sp³-hybridized carbons (Fsp3) is 0.543. The Bertz CT molecular complexity index is 1100. The van der Waals surface area contributed by atoms with Gasteiger partial charge < -0.3 is 19.7 Å². The number of esters is 1. The molecule has 6 heteroatoms. The van der Waals surface area contributed by atoms with Crippen molar-refractivity contribution >= 4 is 23.0 Å². The molecule has 3 rings (SSSR count). The monoisotopic (exact) mass is 566 g/mol. The average Bonchev–Trinajstić information content (AvgIpc) is 3.01.